The number of ether oxygens (including phenoxy) is 2. The van der Waals surface area contributed by atoms with Gasteiger partial charge in [0.05, 0.1) is 40.8 Å². The van der Waals surface area contributed by atoms with Crippen molar-refractivity contribution in [1.29, 1.82) is 0 Å². The van der Waals surface area contributed by atoms with Gasteiger partial charge in [-0.15, -0.1) is 5.92 Å². The molecule has 430 valence electrons. The first-order valence-electron chi connectivity index (χ1n) is 31.2. The highest BCUT2D eigenvalue weighted by Gasteiger charge is 2.70. The largest absolute Gasteiger partial charge is 0.427 e. The fourth-order valence-corrected chi connectivity index (χ4v) is 21.5. The lowest BCUT2D eigenvalue weighted by molar-refractivity contribution is -0.138. The second-order valence-electron chi connectivity index (χ2n) is 26.5. The summed E-state index contributed by atoms with van der Waals surface area (Å²) in [5, 5.41) is 44.2. The second-order valence-corrected chi connectivity index (χ2v) is 29.0. The summed E-state index contributed by atoms with van der Waals surface area (Å²) in [5.74, 6) is 8.77. The molecule has 80 heavy (non-hydrogen) atoms. The van der Waals surface area contributed by atoms with Crippen LogP contribution in [0.4, 0.5) is 0 Å². The number of aliphatic hydroxyl groups is 3. The molecule has 9 aliphatic carbocycles. The number of carbonyl (C=O) groups is 4. The lowest BCUT2D eigenvalue weighted by Crippen LogP contribution is -2.55. The Morgan fingerprint density at radius 3 is 2.46 bits per heavy atom. The Morgan fingerprint density at radius 1 is 0.850 bits per heavy atom. The number of rotatable bonds is 11. The monoisotopic (exact) mass is 1130 g/mol. The molecule has 0 aromatic carbocycles. The summed E-state index contributed by atoms with van der Waals surface area (Å²) in [4.78, 5) is 59.7. The van der Waals surface area contributed by atoms with E-state index in [1.54, 1.807) is 10.8 Å². The van der Waals surface area contributed by atoms with Gasteiger partial charge >= 0.3 is 11.9 Å². The number of amides is 2. The molecule has 14 atom stereocenters. The molecule has 5 heterocycles. The highest BCUT2D eigenvalue weighted by atomic mass is 33.1. The van der Waals surface area contributed by atoms with Crippen molar-refractivity contribution in [1.82, 2.24) is 20.9 Å². The van der Waals surface area contributed by atoms with Gasteiger partial charge in [-0.2, -0.15) is 0 Å². The quantitative estimate of drug-likeness (QED) is 0.0497. The van der Waals surface area contributed by atoms with Crippen LogP contribution in [0.25, 0.3) is 0 Å². The van der Waals surface area contributed by atoms with E-state index in [4.69, 9.17) is 9.47 Å². The van der Waals surface area contributed by atoms with Crippen LogP contribution in [0, 0.1) is 93.7 Å². The number of carbonyl (C=O) groups excluding carboxylic acids is 4. The molecule has 1 saturated heterocycles. The highest BCUT2D eigenvalue weighted by molar-refractivity contribution is 8.76. The van der Waals surface area contributed by atoms with Gasteiger partial charge in [0.1, 0.15) is 11.5 Å². The number of hydrogen-bond acceptors (Lipinski definition) is 14. The third-order valence-corrected chi connectivity index (χ3v) is 25.2. The Bertz CT molecular complexity index is 2790. The summed E-state index contributed by atoms with van der Waals surface area (Å²) >= 11 is 0. The number of imide groups is 1. The molecular formula is C65H84N4O9S2. The Hall–Kier alpha value is -4.04. The van der Waals surface area contributed by atoms with Crippen molar-refractivity contribution in [2.45, 2.75) is 160 Å². The minimum Gasteiger partial charge on any atom is -0.427 e. The van der Waals surface area contributed by atoms with E-state index in [2.05, 4.69) is 52.9 Å². The molecule has 0 aromatic heterocycles. The van der Waals surface area contributed by atoms with Crippen LogP contribution in [-0.4, -0.2) is 94.2 Å². The van der Waals surface area contributed by atoms with Crippen LogP contribution in [0.1, 0.15) is 148 Å². The van der Waals surface area contributed by atoms with Gasteiger partial charge in [-0.1, -0.05) is 79.0 Å². The maximum atomic E-state index is 15.7. The van der Waals surface area contributed by atoms with E-state index in [-0.39, 0.29) is 113 Å². The van der Waals surface area contributed by atoms with Crippen molar-refractivity contribution < 1.29 is 44.0 Å². The lowest BCUT2D eigenvalue weighted by Gasteiger charge is -2.58. The molecule has 9 bridgehead atoms. The van der Waals surface area contributed by atoms with E-state index in [9.17, 15) is 24.9 Å². The number of fused-ring (bicyclic) bond motifs is 4. The standard InChI is InChI=1S/C65H84N4O9S2/c1-2-64(23-6-7-24-64)49-17-14-43-30-47-45-21-25-65(58(47)57-55(43)60(49)78-62(57)75)51-18-16-46(44-15-13-37-27-39(35-71)28-38(34-70)9-8-12-41(44)29-37)61(67-32-50(72)40-10-4-3-5-11-40)80-79-36-68-52-31-42(22-26-66-52)48(56(45)59(65)63(76)77-51)33-69-53(73)19-20-54(69)74/h18-20,22,31,37-41,43-48,50,58,61,66-68,70-72H,2-7,10-17,21,23-30,32-36H2,1H3. The zero-order chi connectivity index (χ0) is 54.9. The van der Waals surface area contributed by atoms with Crippen LogP contribution in [0.5, 0.6) is 0 Å². The number of dihydropyridines is 1. The average Bonchev–Trinajstić information content (AvgIpc) is 4.39. The molecule has 2 amide bonds. The highest BCUT2D eigenvalue weighted by Crippen LogP contribution is 2.73. The molecule has 0 radical (unpaired) electrons. The van der Waals surface area contributed by atoms with Crippen molar-refractivity contribution in [3.8, 4) is 11.8 Å². The van der Waals surface area contributed by atoms with Crippen LogP contribution >= 0.6 is 21.6 Å². The van der Waals surface area contributed by atoms with Crippen LogP contribution < -0.4 is 16.0 Å². The summed E-state index contributed by atoms with van der Waals surface area (Å²) in [6, 6.07) is 0. The summed E-state index contributed by atoms with van der Waals surface area (Å²) in [7, 11) is 3.56. The van der Waals surface area contributed by atoms with Gasteiger partial charge in [0.2, 0.25) is 0 Å². The maximum absolute atomic E-state index is 15.7. The molecule has 6 N–H and O–H groups in total. The first-order valence-corrected chi connectivity index (χ1v) is 33.6. The molecule has 15 heteroatoms. The number of nitrogens with one attached hydrogen (secondary N) is 3. The Labute approximate surface area is 481 Å². The average molecular weight is 1130 g/mol. The van der Waals surface area contributed by atoms with E-state index in [0.717, 1.165) is 130 Å². The fraction of sp³-hybridized carbons (Fsp3) is 0.692. The van der Waals surface area contributed by atoms with Gasteiger partial charge in [0.15, 0.2) is 0 Å². The maximum Gasteiger partial charge on any atom is 0.340 e. The molecule has 1 spiro atoms. The molecule has 14 aliphatic rings. The van der Waals surface area contributed by atoms with Gasteiger partial charge in [-0.25, -0.2) is 9.59 Å². The van der Waals surface area contributed by atoms with Crippen LogP contribution in [0.3, 0.4) is 0 Å². The fourth-order valence-electron chi connectivity index (χ4n) is 19.0. The van der Waals surface area contributed by atoms with Crippen LogP contribution in [0.15, 0.2) is 81.2 Å². The lowest BCUT2D eigenvalue weighted by atomic mass is 9.42. The van der Waals surface area contributed by atoms with E-state index < -0.39 is 17.4 Å². The van der Waals surface area contributed by atoms with Gasteiger partial charge in [0, 0.05) is 73.7 Å². The summed E-state index contributed by atoms with van der Waals surface area (Å²) < 4.78 is 13.7. The Balaban J connectivity index is 0.978. The number of esters is 2. The minimum absolute atomic E-state index is 0.0121. The number of allylic oxidation sites excluding steroid dienone is 5. The molecule has 14 rings (SSSR count). The first kappa shape index (κ1) is 55.2. The van der Waals surface area contributed by atoms with Crippen molar-refractivity contribution in [3.05, 3.63) is 81.2 Å². The summed E-state index contributed by atoms with van der Waals surface area (Å²) in [5.41, 5.74) is 4.77. The number of aliphatic hydroxyl groups excluding tert-OH is 3. The molecule has 14 unspecified atom stereocenters. The zero-order valence-electron chi connectivity index (χ0n) is 46.8. The molecule has 0 aromatic rings. The smallest absolute Gasteiger partial charge is 0.340 e. The van der Waals surface area contributed by atoms with Crippen molar-refractivity contribution in [3.63, 3.8) is 0 Å². The first-order chi connectivity index (χ1) is 39.0. The van der Waals surface area contributed by atoms with Gasteiger partial charge in [0.25, 0.3) is 11.8 Å². The Kier molecular flexibility index (Phi) is 15.8. The van der Waals surface area contributed by atoms with Crippen LogP contribution in [-0.2, 0) is 28.7 Å². The van der Waals surface area contributed by atoms with Crippen molar-refractivity contribution >= 4 is 45.3 Å². The SMILES string of the molecule is CCC1(C2=C3OC(=O)C4=C3C(CC2)CC2C3CCC5(C6=CCC(C7CCC8CC(CO)CC(CO)C#CCC7C8)C(NCC(O)C7CCCCC7)SSCNC7=CC(=CCN7)C(CN7C(=O)C=CC7=O)C3=C5C(=O)O6)C42)CCCC1. The van der Waals surface area contributed by atoms with E-state index in [1.165, 1.54) is 41.9 Å². The van der Waals surface area contributed by atoms with Crippen molar-refractivity contribution in [2.75, 3.05) is 38.7 Å². The summed E-state index contributed by atoms with van der Waals surface area (Å²) in [6.07, 6.45) is 29.9. The second kappa shape index (κ2) is 22.8. The third kappa shape index (κ3) is 9.65. The topological polar surface area (TPSA) is 187 Å². The molecular weight excluding hydrogens is 1040 g/mol. The molecule has 4 saturated carbocycles. The van der Waals surface area contributed by atoms with E-state index >= 15 is 9.59 Å². The molecule has 13 nitrogen and oxygen atoms in total. The Morgan fingerprint density at radius 2 is 1.68 bits per heavy atom. The predicted molar refractivity (Wildman–Crippen MR) is 308 cm³/mol. The third-order valence-electron chi connectivity index (χ3n) is 22.7. The van der Waals surface area contributed by atoms with Gasteiger partial charge in [-0.05, 0) is 184 Å². The molecule has 5 fully saturated rings. The van der Waals surface area contributed by atoms with E-state index in [1.807, 2.05) is 10.8 Å². The number of nitrogens with zero attached hydrogens (tertiary/aromatic N) is 1. The number of hydrogen-bond donors (Lipinski definition) is 6. The van der Waals surface area contributed by atoms with Gasteiger partial charge < -0.3 is 40.7 Å². The van der Waals surface area contributed by atoms with E-state index in [0.29, 0.717) is 61.9 Å². The minimum atomic E-state index is -0.990. The molecule has 5 aliphatic heterocycles. The zero-order valence-corrected chi connectivity index (χ0v) is 48.5. The normalized spacial score (nSPS) is 38.1. The predicted octanol–water partition coefficient (Wildman–Crippen LogP) is 9.41. The van der Waals surface area contributed by atoms with Crippen LogP contribution in [0.2, 0.25) is 0 Å². The van der Waals surface area contributed by atoms with Crippen molar-refractivity contribution in [2.24, 2.45) is 81.8 Å². The van der Waals surface area contributed by atoms with Gasteiger partial charge in [-0.3, -0.25) is 14.5 Å². The summed E-state index contributed by atoms with van der Waals surface area (Å²) in [6.45, 7) is 3.43.